The average molecular weight is 284 g/mol. The van der Waals surface area contributed by atoms with Crippen LogP contribution in [0.4, 0.5) is 5.82 Å². The second-order valence-corrected chi connectivity index (χ2v) is 7.01. The Labute approximate surface area is 111 Å². The van der Waals surface area contributed by atoms with Crippen molar-refractivity contribution in [1.82, 2.24) is 4.98 Å². The summed E-state index contributed by atoms with van der Waals surface area (Å²) >= 11 is 0. The summed E-state index contributed by atoms with van der Waals surface area (Å²) in [6, 6.07) is 2.93. The fraction of sp³-hybridized carbons (Fsp3) is 0.500. The van der Waals surface area contributed by atoms with Gasteiger partial charge in [0.15, 0.2) is 9.84 Å². The van der Waals surface area contributed by atoms with Gasteiger partial charge in [0.2, 0.25) is 0 Å². The first-order valence-corrected chi connectivity index (χ1v) is 7.81. The summed E-state index contributed by atoms with van der Waals surface area (Å²) in [6.07, 6.45) is 4.14. The molecule has 19 heavy (non-hydrogen) atoms. The zero-order valence-electron chi connectivity index (χ0n) is 10.8. The molecule has 1 unspecified atom stereocenters. The zero-order valence-corrected chi connectivity index (χ0v) is 11.6. The number of carboxylic acid groups (broad SMARTS) is 1. The van der Waals surface area contributed by atoms with Crippen molar-refractivity contribution >= 4 is 21.6 Å². The Bertz CT molecular complexity index is 610. The zero-order chi connectivity index (χ0) is 14.3. The first-order chi connectivity index (χ1) is 8.75. The van der Waals surface area contributed by atoms with Crippen LogP contribution in [0.1, 0.15) is 19.8 Å². The van der Waals surface area contributed by atoms with E-state index in [1.54, 1.807) is 6.92 Å². The molecule has 2 N–H and O–H groups in total. The van der Waals surface area contributed by atoms with Crippen molar-refractivity contribution in [3.05, 3.63) is 18.3 Å². The highest BCUT2D eigenvalue weighted by Crippen LogP contribution is 2.42. The van der Waals surface area contributed by atoms with E-state index in [0.29, 0.717) is 0 Å². The predicted octanol–water partition coefficient (Wildman–Crippen LogP) is 1.15. The number of aliphatic carboxylic acids is 1. The van der Waals surface area contributed by atoms with Crippen LogP contribution in [0, 0.1) is 5.92 Å². The molecule has 0 aliphatic heterocycles. The maximum absolute atomic E-state index is 11.7. The Morgan fingerprint density at radius 3 is 2.63 bits per heavy atom. The highest BCUT2D eigenvalue weighted by Gasteiger charge is 2.48. The molecule has 0 bridgehead atoms. The van der Waals surface area contributed by atoms with Crippen molar-refractivity contribution in [2.45, 2.75) is 30.2 Å². The molecule has 1 aliphatic rings. The van der Waals surface area contributed by atoms with E-state index >= 15 is 0 Å². The van der Waals surface area contributed by atoms with Crippen LogP contribution >= 0.6 is 0 Å². The third-order valence-corrected chi connectivity index (χ3v) is 4.51. The lowest BCUT2D eigenvalue weighted by molar-refractivity contribution is -0.142. The highest BCUT2D eigenvalue weighted by molar-refractivity contribution is 7.90. The molecule has 0 spiro atoms. The van der Waals surface area contributed by atoms with E-state index in [1.165, 1.54) is 18.3 Å². The minimum Gasteiger partial charge on any atom is -0.480 e. The molecule has 0 amide bonds. The molecule has 1 atom stereocenters. The van der Waals surface area contributed by atoms with Gasteiger partial charge in [-0.15, -0.1) is 0 Å². The van der Waals surface area contributed by atoms with Crippen LogP contribution in [-0.4, -0.2) is 36.3 Å². The molecule has 1 aliphatic carbocycles. The third-order valence-electron chi connectivity index (χ3n) is 3.39. The summed E-state index contributed by atoms with van der Waals surface area (Å²) in [5, 5.41) is 12.2. The number of pyridine rings is 1. The summed E-state index contributed by atoms with van der Waals surface area (Å²) in [4.78, 5) is 15.4. The van der Waals surface area contributed by atoms with Crippen LogP contribution in [0.2, 0.25) is 0 Å². The van der Waals surface area contributed by atoms with Crippen LogP contribution in [0.15, 0.2) is 23.2 Å². The molecule has 0 aromatic carbocycles. The van der Waals surface area contributed by atoms with Crippen LogP contribution in [-0.2, 0) is 14.6 Å². The number of carboxylic acids is 1. The molecular weight excluding hydrogens is 268 g/mol. The molecule has 2 rings (SSSR count). The van der Waals surface area contributed by atoms with Gasteiger partial charge >= 0.3 is 5.97 Å². The number of hydrogen-bond donors (Lipinski definition) is 2. The van der Waals surface area contributed by atoms with Crippen molar-refractivity contribution in [1.29, 1.82) is 0 Å². The van der Waals surface area contributed by atoms with Crippen LogP contribution in [0.3, 0.4) is 0 Å². The Morgan fingerprint density at radius 1 is 1.53 bits per heavy atom. The molecule has 1 aromatic rings. The van der Waals surface area contributed by atoms with E-state index in [-0.39, 0.29) is 16.6 Å². The van der Waals surface area contributed by atoms with Crippen molar-refractivity contribution in [3.8, 4) is 0 Å². The number of hydrogen-bond acceptors (Lipinski definition) is 5. The molecule has 1 heterocycles. The van der Waals surface area contributed by atoms with E-state index in [0.717, 1.165) is 19.1 Å². The quantitative estimate of drug-likeness (QED) is 0.842. The first-order valence-electron chi connectivity index (χ1n) is 5.92. The number of sulfone groups is 1. The van der Waals surface area contributed by atoms with E-state index in [9.17, 15) is 18.3 Å². The van der Waals surface area contributed by atoms with E-state index in [4.69, 9.17) is 0 Å². The fourth-order valence-corrected chi connectivity index (χ4v) is 2.80. The second kappa shape index (κ2) is 4.48. The maximum atomic E-state index is 11.7. The molecule has 1 saturated carbocycles. The summed E-state index contributed by atoms with van der Waals surface area (Å²) in [6.45, 7) is 1.56. The second-order valence-electron chi connectivity index (χ2n) is 5.03. The minimum atomic E-state index is -3.45. The van der Waals surface area contributed by atoms with Gasteiger partial charge in [0.05, 0.1) is 0 Å². The standard InChI is InChI=1S/C12H16N2O4S/c1-12(11(15)16,8-5-6-8)14-10-9(19(2,17)18)4-3-7-13-10/h3-4,7-8H,5-6H2,1-2H3,(H,13,14)(H,15,16). The Hall–Kier alpha value is -1.63. The van der Waals surface area contributed by atoms with Crippen LogP contribution in [0.5, 0.6) is 0 Å². The number of nitrogens with one attached hydrogen (secondary N) is 1. The monoisotopic (exact) mass is 284 g/mol. The largest absolute Gasteiger partial charge is 0.480 e. The normalized spacial score (nSPS) is 18.6. The van der Waals surface area contributed by atoms with Gasteiger partial charge in [-0.1, -0.05) is 0 Å². The lowest BCUT2D eigenvalue weighted by atomic mass is 9.96. The SMILES string of the molecule is CC(Nc1ncccc1S(C)(=O)=O)(C(=O)O)C1CC1. The van der Waals surface area contributed by atoms with Gasteiger partial charge in [-0.05, 0) is 37.8 Å². The van der Waals surface area contributed by atoms with E-state index < -0.39 is 21.3 Å². The van der Waals surface area contributed by atoms with Gasteiger partial charge in [0.25, 0.3) is 0 Å². The molecule has 0 saturated heterocycles. The molecule has 1 fully saturated rings. The van der Waals surface area contributed by atoms with Gasteiger partial charge in [0, 0.05) is 12.5 Å². The van der Waals surface area contributed by atoms with Gasteiger partial charge in [-0.3, -0.25) is 0 Å². The van der Waals surface area contributed by atoms with E-state index in [1.807, 2.05) is 0 Å². The number of nitrogens with zero attached hydrogens (tertiary/aromatic N) is 1. The average Bonchev–Trinajstić information content (AvgIpc) is 3.11. The maximum Gasteiger partial charge on any atom is 0.329 e. The highest BCUT2D eigenvalue weighted by atomic mass is 32.2. The third kappa shape index (κ3) is 2.70. The topological polar surface area (TPSA) is 96.4 Å². The molecule has 0 radical (unpaired) electrons. The van der Waals surface area contributed by atoms with Crippen LogP contribution in [0.25, 0.3) is 0 Å². The van der Waals surface area contributed by atoms with Crippen molar-refractivity contribution in [2.24, 2.45) is 5.92 Å². The van der Waals surface area contributed by atoms with Crippen molar-refractivity contribution in [3.63, 3.8) is 0 Å². The molecule has 1 aromatic heterocycles. The summed E-state index contributed by atoms with van der Waals surface area (Å²) in [5.74, 6) is -0.902. The Balaban J connectivity index is 2.41. The summed E-state index contributed by atoms with van der Waals surface area (Å²) in [7, 11) is -3.45. The van der Waals surface area contributed by atoms with Gasteiger partial charge in [0.1, 0.15) is 16.3 Å². The smallest absolute Gasteiger partial charge is 0.329 e. The lowest BCUT2D eigenvalue weighted by Gasteiger charge is -2.27. The first kappa shape index (κ1) is 13.8. The minimum absolute atomic E-state index is 0.000540. The van der Waals surface area contributed by atoms with Crippen molar-refractivity contribution < 1.29 is 18.3 Å². The summed E-state index contributed by atoms with van der Waals surface area (Å²) in [5.41, 5.74) is -1.19. The molecular formula is C12H16N2O4S. The summed E-state index contributed by atoms with van der Waals surface area (Å²) < 4.78 is 23.3. The number of aromatic nitrogens is 1. The number of carbonyl (C=O) groups is 1. The molecule has 6 nitrogen and oxygen atoms in total. The fourth-order valence-electron chi connectivity index (χ4n) is 2.02. The number of rotatable bonds is 5. The molecule has 104 valence electrons. The Morgan fingerprint density at radius 2 is 2.16 bits per heavy atom. The van der Waals surface area contributed by atoms with Gasteiger partial charge < -0.3 is 10.4 Å². The predicted molar refractivity (Wildman–Crippen MR) is 69.7 cm³/mol. The van der Waals surface area contributed by atoms with Crippen LogP contribution < -0.4 is 5.32 Å². The van der Waals surface area contributed by atoms with Gasteiger partial charge in [-0.2, -0.15) is 0 Å². The van der Waals surface area contributed by atoms with E-state index in [2.05, 4.69) is 10.3 Å². The lowest BCUT2D eigenvalue weighted by Crippen LogP contribution is -2.46. The Kier molecular flexibility index (Phi) is 3.25. The van der Waals surface area contributed by atoms with Crippen molar-refractivity contribution in [2.75, 3.05) is 11.6 Å². The van der Waals surface area contributed by atoms with Gasteiger partial charge in [-0.25, -0.2) is 18.2 Å². The number of anilines is 1. The molecule has 7 heteroatoms.